The Hall–Kier alpha value is -1.77. The third-order valence-corrected chi connectivity index (χ3v) is 6.86. The van der Waals surface area contributed by atoms with Gasteiger partial charge in [-0.3, -0.25) is 4.90 Å². The molecule has 2 aliphatic rings. The van der Waals surface area contributed by atoms with Crippen LogP contribution in [0.4, 0.5) is 10.5 Å². The van der Waals surface area contributed by atoms with E-state index in [2.05, 4.69) is 41.3 Å². The van der Waals surface area contributed by atoms with Crippen LogP contribution in [-0.2, 0) is 10.2 Å². The zero-order chi connectivity index (χ0) is 20.5. The molecule has 1 aromatic heterocycles. The molecule has 2 fully saturated rings. The zero-order valence-electron chi connectivity index (χ0n) is 17.4. The topological polar surface area (TPSA) is 79.6 Å². The molecule has 2 saturated heterocycles. The summed E-state index contributed by atoms with van der Waals surface area (Å²) in [6.07, 6.45) is 1.10. The van der Waals surface area contributed by atoms with Crippen LogP contribution in [0.5, 0.6) is 0 Å². The van der Waals surface area contributed by atoms with E-state index < -0.39 is 0 Å². The van der Waals surface area contributed by atoms with E-state index in [1.54, 1.807) is 0 Å². The lowest BCUT2D eigenvalue weighted by molar-refractivity contribution is -0.0123. The molecule has 0 radical (unpaired) electrons. The van der Waals surface area contributed by atoms with E-state index in [9.17, 15) is 4.79 Å². The van der Waals surface area contributed by atoms with Crippen LogP contribution in [0.2, 0.25) is 0 Å². The number of oxazole rings is 1. The number of anilines is 1. The summed E-state index contributed by atoms with van der Waals surface area (Å²) in [5.74, 6) is 2.88. The van der Waals surface area contributed by atoms with Crippen LogP contribution in [-0.4, -0.2) is 65.8 Å². The highest BCUT2D eigenvalue weighted by atomic mass is 32.2. The van der Waals surface area contributed by atoms with Crippen molar-refractivity contribution < 1.29 is 13.9 Å². The van der Waals surface area contributed by atoms with Crippen molar-refractivity contribution in [1.29, 1.82) is 0 Å². The molecule has 1 atom stereocenters. The van der Waals surface area contributed by atoms with Crippen LogP contribution in [0.25, 0.3) is 11.1 Å². The highest BCUT2D eigenvalue weighted by Gasteiger charge is 2.40. The molecule has 8 heteroatoms. The molecular weight excluding hydrogens is 388 g/mol. The molecule has 29 heavy (non-hydrogen) atoms. The fourth-order valence-electron chi connectivity index (χ4n) is 3.88. The predicted octanol–water partition coefficient (Wildman–Crippen LogP) is 3.45. The Balaban J connectivity index is 1.40. The normalized spacial score (nSPS) is 23.4. The average molecular weight is 419 g/mol. The lowest BCUT2D eigenvalue weighted by Gasteiger charge is -2.43. The number of rotatable bonds is 4. The average Bonchev–Trinajstić information content (AvgIpc) is 3.34. The molecule has 3 heterocycles. The smallest absolute Gasteiger partial charge is 0.319 e. The van der Waals surface area contributed by atoms with Gasteiger partial charge in [0.2, 0.25) is 5.89 Å². The molecule has 0 aliphatic carbocycles. The van der Waals surface area contributed by atoms with Gasteiger partial charge in [0.1, 0.15) is 5.52 Å². The molecule has 1 unspecified atom stereocenters. The molecule has 4 rings (SSSR count). The monoisotopic (exact) mass is 418 g/mol. The Kier molecular flexibility index (Phi) is 5.77. The van der Waals surface area contributed by atoms with Gasteiger partial charge in [-0.05, 0) is 30.4 Å². The summed E-state index contributed by atoms with van der Waals surface area (Å²) in [5.41, 5.74) is 2.07. The van der Waals surface area contributed by atoms with Gasteiger partial charge in [0, 0.05) is 42.0 Å². The lowest BCUT2D eigenvalue weighted by atomic mass is 9.95. The van der Waals surface area contributed by atoms with E-state index in [0.717, 1.165) is 55.3 Å². The number of ether oxygens (including phenoxy) is 1. The Morgan fingerprint density at radius 3 is 2.79 bits per heavy atom. The summed E-state index contributed by atoms with van der Waals surface area (Å²) in [4.78, 5) is 19.6. The molecule has 2 aliphatic heterocycles. The number of hydrogen-bond acceptors (Lipinski definition) is 6. The number of hydrogen-bond donors (Lipinski definition) is 2. The minimum Gasteiger partial charge on any atom is -0.440 e. The lowest BCUT2D eigenvalue weighted by Crippen LogP contribution is -2.59. The highest BCUT2D eigenvalue weighted by molar-refractivity contribution is 7.99. The first-order chi connectivity index (χ1) is 13.9. The number of morpholine rings is 1. The van der Waals surface area contributed by atoms with Crippen molar-refractivity contribution in [2.45, 2.75) is 38.1 Å². The maximum absolute atomic E-state index is 12.6. The second-order valence-electron chi connectivity index (χ2n) is 8.89. The van der Waals surface area contributed by atoms with Gasteiger partial charge < -0.3 is 19.8 Å². The molecular formula is C21H30N4O3S. The standard InChI is InChI=1S/C21H30N4O3S/c1-20(2,3)18-24-16-12-15(4-5-17(16)28-18)23-19(26)22-13-21(6-11-29-14-21)25-7-9-27-10-8-25/h4-5,12H,6-11,13-14H2,1-3H3,(H2,22,23,26). The van der Waals surface area contributed by atoms with Gasteiger partial charge in [0.15, 0.2) is 5.58 Å². The van der Waals surface area contributed by atoms with Crippen molar-refractivity contribution in [3.63, 3.8) is 0 Å². The Labute approximate surface area is 175 Å². The SMILES string of the molecule is CC(C)(C)c1nc2cc(NC(=O)NCC3(N4CCOCC4)CCSC3)ccc2o1. The van der Waals surface area contributed by atoms with Gasteiger partial charge in [-0.15, -0.1) is 0 Å². The van der Waals surface area contributed by atoms with Crippen molar-refractivity contribution in [3.8, 4) is 0 Å². The summed E-state index contributed by atoms with van der Waals surface area (Å²) in [5, 5.41) is 6.04. The Morgan fingerprint density at radius 2 is 2.10 bits per heavy atom. The van der Waals surface area contributed by atoms with Crippen molar-refractivity contribution in [2.75, 3.05) is 49.7 Å². The van der Waals surface area contributed by atoms with Crippen molar-refractivity contribution in [1.82, 2.24) is 15.2 Å². The number of urea groups is 1. The number of carbonyl (C=O) groups excluding carboxylic acids is 1. The number of fused-ring (bicyclic) bond motifs is 1. The quantitative estimate of drug-likeness (QED) is 0.792. The maximum Gasteiger partial charge on any atom is 0.319 e. The minimum absolute atomic E-state index is 0.0312. The van der Waals surface area contributed by atoms with Gasteiger partial charge in [-0.25, -0.2) is 9.78 Å². The third-order valence-electron chi connectivity index (χ3n) is 5.63. The predicted molar refractivity (Wildman–Crippen MR) is 117 cm³/mol. The fourth-order valence-corrected chi connectivity index (χ4v) is 5.36. The molecule has 7 nitrogen and oxygen atoms in total. The Bertz CT molecular complexity index is 864. The molecule has 2 N–H and O–H groups in total. The van der Waals surface area contributed by atoms with Crippen LogP contribution < -0.4 is 10.6 Å². The molecule has 1 aromatic carbocycles. The largest absolute Gasteiger partial charge is 0.440 e. The number of nitrogens with one attached hydrogen (secondary N) is 2. The van der Waals surface area contributed by atoms with Crippen molar-refractivity contribution in [3.05, 3.63) is 24.1 Å². The molecule has 2 amide bonds. The van der Waals surface area contributed by atoms with E-state index in [1.165, 1.54) is 0 Å². The second kappa shape index (κ2) is 8.16. The maximum atomic E-state index is 12.6. The Morgan fingerprint density at radius 1 is 1.31 bits per heavy atom. The second-order valence-corrected chi connectivity index (χ2v) is 9.99. The van der Waals surface area contributed by atoms with Crippen LogP contribution in [0.1, 0.15) is 33.1 Å². The molecule has 0 spiro atoms. The molecule has 0 bridgehead atoms. The first-order valence-corrected chi connectivity index (χ1v) is 11.4. The van der Waals surface area contributed by atoms with Gasteiger partial charge >= 0.3 is 6.03 Å². The van der Waals surface area contributed by atoms with E-state index in [4.69, 9.17) is 9.15 Å². The number of carbonyl (C=O) groups is 1. The minimum atomic E-state index is -0.187. The number of amides is 2. The van der Waals surface area contributed by atoms with Crippen LogP contribution in [0.15, 0.2) is 22.6 Å². The highest BCUT2D eigenvalue weighted by Crippen LogP contribution is 2.33. The van der Waals surface area contributed by atoms with Gasteiger partial charge in [0.05, 0.1) is 13.2 Å². The fraction of sp³-hybridized carbons (Fsp3) is 0.619. The van der Waals surface area contributed by atoms with Crippen molar-refractivity contribution >= 4 is 34.6 Å². The van der Waals surface area contributed by atoms with Crippen LogP contribution >= 0.6 is 11.8 Å². The number of thioether (sulfide) groups is 1. The summed E-state index contributed by atoms with van der Waals surface area (Å²) >= 11 is 1.96. The van der Waals surface area contributed by atoms with E-state index in [1.807, 2.05) is 30.0 Å². The van der Waals surface area contributed by atoms with E-state index >= 15 is 0 Å². The van der Waals surface area contributed by atoms with Gasteiger partial charge in [0.25, 0.3) is 0 Å². The summed E-state index contributed by atoms with van der Waals surface area (Å²) in [7, 11) is 0. The molecule has 158 valence electrons. The van der Waals surface area contributed by atoms with Crippen LogP contribution in [0.3, 0.4) is 0 Å². The third kappa shape index (κ3) is 4.54. The molecule has 0 saturated carbocycles. The van der Waals surface area contributed by atoms with E-state index in [0.29, 0.717) is 18.1 Å². The number of benzene rings is 1. The first kappa shape index (κ1) is 20.5. The number of aromatic nitrogens is 1. The summed E-state index contributed by atoms with van der Waals surface area (Å²) in [6, 6.07) is 5.38. The van der Waals surface area contributed by atoms with Crippen LogP contribution in [0, 0.1) is 0 Å². The van der Waals surface area contributed by atoms with E-state index in [-0.39, 0.29) is 17.0 Å². The van der Waals surface area contributed by atoms with Gasteiger partial charge in [-0.1, -0.05) is 20.8 Å². The summed E-state index contributed by atoms with van der Waals surface area (Å²) in [6.45, 7) is 10.2. The van der Waals surface area contributed by atoms with Gasteiger partial charge in [-0.2, -0.15) is 11.8 Å². The van der Waals surface area contributed by atoms with Crippen molar-refractivity contribution in [2.24, 2.45) is 0 Å². The summed E-state index contributed by atoms with van der Waals surface area (Å²) < 4.78 is 11.3. The number of nitrogens with zero attached hydrogens (tertiary/aromatic N) is 2. The first-order valence-electron chi connectivity index (χ1n) is 10.2. The molecule has 2 aromatic rings. The zero-order valence-corrected chi connectivity index (χ0v) is 18.2.